The van der Waals surface area contributed by atoms with E-state index >= 15 is 0 Å². The van der Waals surface area contributed by atoms with Crippen LogP contribution in [0.2, 0.25) is 0 Å². The molecule has 3 N–H and O–H groups in total. The fourth-order valence-electron chi connectivity index (χ4n) is 2.55. The van der Waals surface area contributed by atoms with E-state index in [9.17, 15) is 4.79 Å². The van der Waals surface area contributed by atoms with Gasteiger partial charge < -0.3 is 19.8 Å². The highest BCUT2D eigenvalue weighted by Gasteiger charge is 2.11. The molecular formula is C18H16N6O3. The second kappa shape index (κ2) is 7.16. The number of hydrogen-bond donors (Lipinski definition) is 3. The molecule has 0 aliphatic rings. The number of amides is 1. The summed E-state index contributed by atoms with van der Waals surface area (Å²) >= 11 is 0. The summed E-state index contributed by atoms with van der Waals surface area (Å²) < 4.78 is 10.7. The molecule has 2 heterocycles. The molecule has 0 unspecified atom stereocenters. The largest absolute Gasteiger partial charge is 0.497 e. The molecule has 0 atom stereocenters. The van der Waals surface area contributed by atoms with Crippen molar-refractivity contribution >= 4 is 28.5 Å². The Balaban J connectivity index is 1.38. The average Bonchev–Trinajstić information content (AvgIpc) is 3.35. The molecule has 27 heavy (non-hydrogen) atoms. The Hall–Kier alpha value is -3.88. The number of carbonyl (C=O) groups is 1. The highest BCUT2D eigenvalue weighted by Crippen LogP contribution is 2.23. The minimum atomic E-state index is -0.247. The second-order valence-electron chi connectivity index (χ2n) is 5.72. The van der Waals surface area contributed by atoms with Crippen molar-refractivity contribution in [2.45, 2.75) is 0 Å². The Kier molecular flexibility index (Phi) is 4.40. The first-order chi connectivity index (χ1) is 13.2. The molecule has 4 aromatic rings. The number of H-pyrrole nitrogens is 1. The van der Waals surface area contributed by atoms with E-state index in [0.717, 1.165) is 16.5 Å². The first-order valence-corrected chi connectivity index (χ1v) is 8.16. The SMILES string of the molecule is COc1cccc(NC(=O)CNc2nnc(-c3ccc4[nH]ncc4c3)o2)c1. The van der Waals surface area contributed by atoms with Gasteiger partial charge in [0.05, 0.1) is 25.4 Å². The molecule has 9 nitrogen and oxygen atoms in total. The van der Waals surface area contributed by atoms with Crippen LogP contribution in [0.25, 0.3) is 22.4 Å². The standard InChI is InChI=1S/C18H16N6O3/c1-26-14-4-2-3-13(8-14)21-16(25)10-19-18-24-23-17(27-18)11-5-6-15-12(7-11)9-20-22-15/h2-9H,10H2,1H3,(H,19,24)(H,20,22)(H,21,25). The van der Waals surface area contributed by atoms with E-state index < -0.39 is 0 Å². The Bertz CT molecular complexity index is 1090. The van der Waals surface area contributed by atoms with Crippen molar-refractivity contribution in [1.29, 1.82) is 0 Å². The molecule has 136 valence electrons. The monoisotopic (exact) mass is 364 g/mol. The molecule has 2 aromatic heterocycles. The number of aromatic amines is 1. The maximum absolute atomic E-state index is 12.1. The first kappa shape index (κ1) is 16.6. The lowest BCUT2D eigenvalue weighted by molar-refractivity contribution is -0.114. The van der Waals surface area contributed by atoms with Crippen LogP contribution >= 0.6 is 0 Å². The summed E-state index contributed by atoms with van der Waals surface area (Å²) in [5.74, 6) is 0.772. The van der Waals surface area contributed by atoms with Gasteiger partial charge in [0.25, 0.3) is 0 Å². The first-order valence-electron chi connectivity index (χ1n) is 8.16. The van der Waals surface area contributed by atoms with Gasteiger partial charge in [-0.15, -0.1) is 5.10 Å². The van der Waals surface area contributed by atoms with E-state index in [-0.39, 0.29) is 18.5 Å². The summed E-state index contributed by atoms with van der Waals surface area (Å²) in [6, 6.07) is 12.9. The highest BCUT2D eigenvalue weighted by molar-refractivity contribution is 5.93. The number of benzene rings is 2. The zero-order valence-corrected chi connectivity index (χ0v) is 14.4. The molecule has 0 spiro atoms. The summed E-state index contributed by atoms with van der Waals surface area (Å²) in [6.45, 7) is -0.0143. The molecule has 2 aromatic carbocycles. The van der Waals surface area contributed by atoms with Crippen LogP contribution in [0.5, 0.6) is 5.75 Å². The lowest BCUT2D eigenvalue weighted by atomic mass is 10.1. The number of methoxy groups -OCH3 is 1. The van der Waals surface area contributed by atoms with Crippen LogP contribution in [-0.2, 0) is 4.79 Å². The number of rotatable bonds is 6. The topological polar surface area (TPSA) is 118 Å². The second-order valence-corrected chi connectivity index (χ2v) is 5.72. The molecule has 0 saturated heterocycles. The van der Waals surface area contributed by atoms with Crippen molar-refractivity contribution in [3.8, 4) is 17.2 Å². The smallest absolute Gasteiger partial charge is 0.316 e. The fraction of sp³-hybridized carbons (Fsp3) is 0.111. The number of nitrogens with zero attached hydrogens (tertiary/aromatic N) is 3. The average molecular weight is 364 g/mol. The van der Waals surface area contributed by atoms with E-state index in [1.54, 1.807) is 37.6 Å². The van der Waals surface area contributed by atoms with Gasteiger partial charge in [0, 0.05) is 22.7 Å². The van der Waals surface area contributed by atoms with Crippen LogP contribution in [-0.4, -0.2) is 40.0 Å². The van der Waals surface area contributed by atoms with Crippen LogP contribution in [0.4, 0.5) is 11.7 Å². The number of nitrogens with one attached hydrogen (secondary N) is 3. The van der Waals surface area contributed by atoms with Crippen LogP contribution in [0.1, 0.15) is 0 Å². The molecular weight excluding hydrogens is 348 g/mol. The predicted molar refractivity (Wildman–Crippen MR) is 99.5 cm³/mol. The summed E-state index contributed by atoms with van der Waals surface area (Å²) in [4.78, 5) is 12.1. The molecule has 0 bridgehead atoms. The number of carbonyl (C=O) groups excluding carboxylic acids is 1. The van der Waals surface area contributed by atoms with E-state index in [1.165, 1.54) is 0 Å². The maximum Gasteiger partial charge on any atom is 0.316 e. The molecule has 0 fully saturated rings. The van der Waals surface area contributed by atoms with Crippen molar-refractivity contribution in [3.63, 3.8) is 0 Å². The Morgan fingerprint density at radius 3 is 3.04 bits per heavy atom. The molecule has 0 radical (unpaired) electrons. The van der Waals surface area contributed by atoms with Gasteiger partial charge in [-0.05, 0) is 30.3 Å². The van der Waals surface area contributed by atoms with Crippen molar-refractivity contribution in [2.75, 3.05) is 24.3 Å². The lowest BCUT2D eigenvalue weighted by Gasteiger charge is -2.06. The Labute approximate surface area is 153 Å². The molecule has 0 saturated carbocycles. The molecule has 9 heteroatoms. The van der Waals surface area contributed by atoms with E-state index in [4.69, 9.17) is 9.15 Å². The predicted octanol–water partition coefficient (Wildman–Crippen LogP) is 2.67. The Morgan fingerprint density at radius 1 is 1.22 bits per heavy atom. The number of fused-ring (bicyclic) bond motifs is 1. The normalized spacial score (nSPS) is 10.7. The van der Waals surface area contributed by atoms with Gasteiger partial charge >= 0.3 is 6.01 Å². The van der Waals surface area contributed by atoms with Gasteiger partial charge in [-0.2, -0.15) is 5.10 Å². The lowest BCUT2D eigenvalue weighted by Crippen LogP contribution is -2.21. The van der Waals surface area contributed by atoms with Crippen LogP contribution < -0.4 is 15.4 Å². The third-order valence-electron chi connectivity index (χ3n) is 3.87. The van der Waals surface area contributed by atoms with Crippen molar-refractivity contribution < 1.29 is 13.9 Å². The zero-order valence-electron chi connectivity index (χ0n) is 14.4. The molecule has 1 amide bonds. The van der Waals surface area contributed by atoms with Crippen LogP contribution in [0.15, 0.2) is 53.1 Å². The minimum absolute atomic E-state index is 0.0143. The van der Waals surface area contributed by atoms with Crippen molar-refractivity contribution in [3.05, 3.63) is 48.7 Å². The maximum atomic E-state index is 12.1. The zero-order chi connectivity index (χ0) is 18.6. The van der Waals surface area contributed by atoms with Gasteiger partial charge in [-0.1, -0.05) is 11.2 Å². The third kappa shape index (κ3) is 3.71. The number of anilines is 2. The fourth-order valence-corrected chi connectivity index (χ4v) is 2.55. The number of aromatic nitrogens is 4. The summed E-state index contributed by atoms with van der Waals surface area (Å²) in [7, 11) is 1.57. The Morgan fingerprint density at radius 2 is 2.15 bits per heavy atom. The summed E-state index contributed by atoms with van der Waals surface area (Å²) in [5, 5.41) is 21.3. The quantitative estimate of drug-likeness (QED) is 0.481. The van der Waals surface area contributed by atoms with Gasteiger partial charge in [-0.3, -0.25) is 9.89 Å². The summed E-state index contributed by atoms with van der Waals surface area (Å²) in [5.41, 5.74) is 2.33. The third-order valence-corrected chi connectivity index (χ3v) is 3.87. The van der Waals surface area contributed by atoms with E-state index in [2.05, 4.69) is 31.0 Å². The van der Waals surface area contributed by atoms with E-state index in [0.29, 0.717) is 17.3 Å². The van der Waals surface area contributed by atoms with Gasteiger partial charge in [0.2, 0.25) is 11.8 Å². The molecule has 0 aliphatic carbocycles. The van der Waals surface area contributed by atoms with Crippen LogP contribution in [0.3, 0.4) is 0 Å². The van der Waals surface area contributed by atoms with Crippen molar-refractivity contribution in [1.82, 2.24) is 20.4 Å². The minimum Gasteiger partial charge on any atom is -0.497 e. The van der Waals surface area contributed by atoms with Crippen LogP contribution in [0, 0.1) is 0 Å². The number of hydrogen-bond acceptors (Lipinski definition) is 7. The summed E-state index contributed by atoms with van der Waals surface area (Å²) in [6.07, 6.45) is 1.72. The van der Waals surface area contributed by atoms with Gasteiger partial charge in [-0.25, -0.2) is 0 Å². The molecule has 4 rings (SSSR count). The molecule has 0 aliphatic heterocycles. The van der Waals surface area contributed by atoms with Gasteiger partial charge in [0.15, 0.2) is 0 Å². The highest BCUT2D eigenvalue weighted by atomic mass is 16.5. The van der Waals surface area contributed by atoms with E-state index in [1.807, 2.05) is 18.2 Å². The van der Waals surface area contributed by atoms with Crippen molar-refractivity contribution in [2.24, 2.45) is 0 Å². The van der Waals surface area contributed by atoms with Gasteiger partial charge in [0.1, 0.15) is 5.75 Å². The number of ether oxygens (including phenoxy) is 1.